The summed E-state index contributed by atoms with van der Waals surface area (Å²) >= 11 is 0. The zero-order chi connectivity index (χ0) is 19.6. The largest absolute Gasteiger partial charge is 0.542 e. The van der Waals surface area contributed by atoms with E-state index in [1.54, 1.807) is 27.8 Å². The Morgan fingerprint density at radius 1 is 1.00 bits per heavy atom. The van der Waals surface area contributed by atoms with Crippen LogP contribution in [0.5, 0.6) is 0 Å². The van der Waals surface area contributed by atoms with Gasteiger partial charge < -0.3 is 29.1 Å². The van der Waals surface area contributed by atoms with Crippen LogP contribution in [0.25, 0.3) is 0 Å². The van der Waals surface area contributed by atoms with Gasteiger partial charge in [-0.2, -0.15) is 0 Å². The summed E-state index contributed by atoms with van der Waals surface area (Å²) in [4.78, 5) is 42.7. The molecular formula is C15H19N6O5-. The van der Waals surface area contributed by atoms with Crippen molar-refractivity contribution in [2.75, 3.05) is 10.6 Å². The Bertz CT molecular complexity index is 860. The quantitative estimate of drug-likeness (QED) is 0.785. The van der Waals surface area contributed by atoms with Crippen LogP contribution < -0.4 is 15.7 Å². The minimum Gasteiger partial charge on any atom is -0.542 e. The normalized spacial score (nSPS) is 11.1. The van der Waals surface area contributed by atoms with Crippen molar-refractivity contribution in [3.8, 4) is 0 Å². The van der Waals surface area contributed by atoms with Gasteiger partial charge in [-0.1, -0.05) is 0 Å². The first-order valence-corrected chi connectivity index (χ1v) is 7.55. The molecule has 2 aromatic rings. The summed E-state index contributed by atoms with van der Waals surface area (Å²) in [6, 6.07) is 0. The van der Waals surface area contributed by atoms with Crippen LogP contribution in [0.1, 0.15) is 42.0 Å². The SMILES string of the molecule is Cn1cc(NC(=O)c2nc(NC(=O)OC(C)(C)C)cn2C)nc1C(=O)[O-]. The number of hydrogen-bond donors (Lipinski definition) is 2. The van der Waals surface area contributed by atoms with Crippen LogP contribution in [0.4, 0.5) is 16.4 Å². The smallest absolute Gasteiger partial charge is 0.413 e. The molecule has 11 nitrogen and oxygen atoms in total. The van der Waals surface area contributed by atoms with E-state index in [1.807, 2.05) is 0 Å². The first kappa shape index (κ1) is 19.0. The molecule has 0 saturated carbocycles. The fraction of sp³-hybridized carbons (Fsp3) is 0.400. The number of amides is 2. The molecule has 2 rings (SSSR count). The maximum Gasteiger partial charge on any atom is 0.413 e. The molecule has 0 aromatic carbocycles. The number of anilines is 2. The lowest BCUT2D eigenvalue weighted by Gasteiger charge is -2.18. The molecule has 0 aliphatic heterocycles. The number of aromatic nitrogens is 4. The highest BCUT2D eigenvalue weighted by atomic mass is 16.6. The zero-order valence-electron chi connectivity index (χ0n) is 15.0. The first-order chi connectivity index (χ1) is 12.0. The number of carboxylic acid groups (broad SMARTS) is 1. The van der Waals surface area contributed by atoms with Crippen LogP contribution in [-0.4, -0.2) is 42.7 Å². The third kappa shape index (κ3) is 4.59. The summed E-state index contributed by atoms with van der Waals surface area (Å²) in [5.41, 5.74) is -0.672. The molecule has 2 aromatic heterocycles. The average molecular weight is 363 g/mol. The van der Waals surface area contributed by atoms with Crippen LogP contribution in [0.2, 0.25) is 0 Å². The Kier molecular flexibility index (Phi) is 5.00. The number of rotatable bonds is 4. The molecule has 0 unspecified atom stereocenters. The fourth-order valence-electron chi connectivity index (χ4n) is 2.03. The van der Waals surface area contributed by atoms with E-state index in [0.717, 1.165) is 0 Å². The van der Waals surface area contributed by atoms with Gasteiger partial charge in [0.1, 0.15) is 11.6 Å². The lowest BCUT2D eigenvalue weighted by Crippen LogP contribution is -2.27. The number of aryl methyl sites for hydroxylation is 2. The van der Waals surface area contributed by atoms with Gasteiger partial charge in [-0.25, -0.2) is 14.8 Å². The third-order valence-corrected chi connectivity index (χ3v) is 3.01. The summed E-state index contributed by atoms with van der Waals surface area (Å²) in [7, 11) is 3.02. The van der Waals surface area contributed by atoms with Crippen molar-refractivity contribution in [2.24, 2.45) is 14.1 Å². The van der Waals surface area contributed by atoms with E-state index in [2.05, 4.69) is 20.6 Å². The predicted molar refractivity (Wildman–Crippen MR) is 88.6 cm³/mol. The van der Waals surface area contributed by atoms with Gasteiger partial charge in [-0.05, 0) is 20.8 Å². The van der Waals surface area contributed by atoms with E-state index >= 15 is 0 Å². The van der Waals surface area contributed by atoms with Crippen molar-refractivity contribution in [3.05, 3.63) is 24.0 Å². The standard InChI is InChI=1S/C15H20N6O5/c1-15(2,3)26-14(25)19-9-7-20(4)10(16-9)12(22)18-8-6-21(5)11(17-8)13(23)24/h6-7H,1-5H3,(H,18,22)(H,19,25)(H,23,24)/p-1. The fourth-order valence-corrected chi connectivity index (χ4v) is 2.03. The second kappa shape index (κ2) is 6.86. The number of carbonyl (C=O) groups excluding carboxylic acids is 3. The number of nitrogens with one attached hydrogen (secondary N) is 2. The van der Waals surface area contributed by atoms with Crippen LogP contribution in [0.15, 0.2) is 12.4 Å². The summed E-state index contributed by atoms with van der Waals surface area (Å²) in [5.74, 6) is -2.28. The Morgan fingerprint density at radius 2 is 1.50 bits per heavy atom. The monoisotopic (exact) mass is 363 g/mol. The number of carbonyl (C=O) groups is 3. The first-order valence-electron chi connectivity index (χ1n) is 7.55. The highest BCUT2D eigenvalue weighted by molar-refractivity contribution is 6.02. The Hall–Kier alpha value is -3.37. The highest BCUT2D eigenvalue weighted by Crippen LogP contribution is 2.13. The van der Waals surface area contributed by atoms with Gasteiger partial charge in [-0.3, -0.25) is 10.1 Å². The van der Waals surface area contributed by atoms with E-state index in [-0.39, 0.29) is 23.3 Å². The number of hydrogen-bond acceptors (Lipinski definition) is 7. The molecule has 140 valence electrons. The van der Waals surface area contributed by atoms with Gasteiger partial charge in [0.25, 0.3) is 5.91 Å². The van der Waals surface area contributed by atoms with Crippen molar-refractivity contribution in [2.45, 2.75) is 26.4 Å². The van der Waals surface area contributed by atoms with E-state index in [1.165, 1.54) is 28.6 Å². The maximum atomic E-state index is 12.3. The van der Waals surface area contributed by atoms with Gasteiger partial charge in [0, 0.05) is 26.5 Å². The summed E-state index contributed by atoms with van der Waals surface area (Å²) in [5, 5.41) is 15.7. The molecule has 0 spiro atoms. The molecule has 0 atom stereocenters. The Labute approximate surface area is 149 Å². The molecule has 2 heterocycles. The van der Waals surface area contributed by atoms with Crippen molar-refractivity contribution in [3.63, 3.8) is 0 Å². The maximum absolute atomic E-state index is 12.3. The van der Waals surface area contributed by atoms with Gasteiger partial charge in [0.15, 0.2) is 17.5 Å². The second-order valence-electron chi connectivity index (χ2n) is 6.49. The highest BCUT2D eigenvalue weighted by Gasteiger charge is 2.20. The van der Waals surface area contributed by atoms with E-state index in [0.29, 0.717) is 0 Å². The lowest BCUT2D eigenvalue weighted by atomic mass is 10.2. The molecular weight excluding hydrogens is 344 g/mol. The molecule has 0 aliphatic carbocycles. The molecule has 0 aliphatic rings. The zero-order valence-corrected chi connectivity index (χ0v) is 15.0. The van der Waals surface area contributed by atoms with Crippen molar-refractivity contribution >= 4 is 29.6 Å². The molecule has 0 bridgehead atoms. The predicted octanol–water partition coefficient (Wildman–Crippen LogP) is 0.116. The van der Waals surface area contributed by atoms with Crippen LogP contribution >= 0.6 is 0 Å². The molecule has 0 saturated heterocycles. The summed E-state index contributed by atoms with van der Waals surface area (Å²) < 4.78 is 7.71. The second-order valence-corrected chi connectivity index (χ2v) is 6.49. The van der Waals surface area contributed by atoms with Crippen molar-refractivity contribution in [1.82, 2.24) is 19.1 Å². The number of nitrogens with zero attached hydrogens (tertiary/aromatic N) is 4. The number of imidazole rings is 2. The van der Waals surface area contributed by atoms with Crippen LogP contribution in [0, 0.1) is 0 Å². The lowest BCUT2D eigenvalue weighted by molar-refractivity contribution is -0.256. The minimum atomic E-state index is -1.46. The van der Waals surface area contributed by atoms with Gasteiger partial charge in [0.2, 0.25) is 5.82 Å². The number of ether oxygens (including phenoxy) is 1. The number of aromatic carboxylic acids is 1. The topological polar surface area (TPSA) is 143 Å². The molecule has 0 fully saturated rings. The summed E-state index contributed by atoms with van der Waals surface area (Å²) in [6.07, 6.45) is 2.06. The molecule has 11 heteroatoms. The van der Waals surface area contributed by atoms with Gasteiger partial charge in [0.05, 0.1) is 0 Å². The van der Waals surface area contributed by atoms with E-state index in [4.69, 9.17) is 4.74 Å². The molecule has 26 heavy (non-hydrogen) atoms. The Morgan fingerprint density at radius 3 is 2.00 bits per heavy atom. The van der Waals surface area contributed by atoms with Crippen LogP contribution in [-0.2, 0) is 18.8 Å². The summed E-state index contributed by atoms with van der Waals surface area (Å²) in [6.45, 7) is 5.16. The minimum absolute atomic E-state index is 0.0169. The number of carboxylic acids is 1. The average Bonchev–Trinajstić information content (AvgIpc) is 2.99. The van der Waals surface area contributed by atoms with Gasteiger partial charge in [-0.15, -0.1) is 0 Å². The molecule has 0 radical (unpaired) electrons. The Balaban J connectivity index is 2.10. The van der Waals surface area contributed by atoms with Crippen LogP contribution in [0.3, 0.4) is 0 Å². The molecule has 2 N–H and O–H groups in total. The van der Waals surface area contributed by atoms with E-state index < -0.39 is 23.6 Å². The molecule has 2 amide bonds. The van der Waals surface area contributed by atoms with E-state index in [9.17, 15) is 19.5 Å². The van der Waals surface area contributed by atoms with Crippen molar-refractivity contribution < 1.29 is 24.2 Å². The third-order valence-electron chi connectivity index (χ3n) is 3.01. The van der Waals surface area contributed by atoms with Crippen molar-refractivity contribution in [1.29, 1.82) is 0 Å². The van der Waals surface area contributed by atoms with Gasteiger partial charge >= 0.3 is 6.09 Å².